The van der Waals surface area contributed by atoms with E-state index in [9.17, 15) is 8.42 Å². The fourth-order valence-electron chi connectivity index (χ4n) is 4.09. The second-order valence-corrected chi connectivity index (χ2v) is 9.72. The van der Waals surface area contributed by atoms with Gasteiger partial charge in [-0.1, -0.05) is 48.4 Å². The molecule has 33 heavy (non-hydrogen) atoms. The summed E-state index contributed by atoms with van der Waals surface area (Å²) in [5, 5.41) is 8.47. The van der Waals surface area contributed by atoms with Crippen molar-refractivity contribution in [1.82, 2.24) is 15.1 Å². The Morgan fingerprint density at radius 2 is 1.70 bits per heavy atom. The van der Waals surface area contributed by atoms with Crippen LogP contribution in [-0.4, -0.2) is 60.8 Å². The maximum Gasteiger partial charge on any atom is 0.318 e. The molecule has 2 saturated heterocycles. The summed E-state index contributed by atoms with van der Waals surface area (Å²) >= 11 is 0. The molecule has 3 aromatic rings. The molecule has 2 bridgehead atoms. The summed E-state index contributed by atoms with van der Waals surface area (Å²) in [5.74, 6) is 1.34. The van der Waals surface area contributed by atoms with Crippen molar-refractivity contribution in [3.8, 4) is 11.5 Å². The van der Waals surface area contributed by atoms with E-state index < -0.39 is 10.1 Å². The quantitative estimate of drug-likeness (QED) is 0.577. The lowest BCUT2D eigenvalue weighted by atomic mass is 9.99. The Balaban J connectivity index is 0.000000219. The Morgan fingerprint density at radius 1 is 0.970 bits per heavy atom. The molecular weight excluding hydrogens is 440 g/mol. The molecule has 3 heterocycles. The fraction of sp³-hybridized carbons (Fsp3) is 0.375. The molecule has 2 aliphatic rings. The minimum atomic E-state index is -4.02. The Morgan fingerprint density at radius 3 is 2.39 bits per heavy atom. The van der Waals surface area contributed by atoms with Crippen molar-refractivity contribution >= 4 is 16.1 Å². The van der Waals surface area contributed by atoms with Crippen LogP contribution in [0.15, 0.2) is 63.9 Å². The number of piperidine rings is 1. The van der Waals surface area contributed by atoms with Gasteiger partial charge in [-0.25, -0.2) is 0 Å². The first-order valence-electron chi connectivity index (χ1n) is 10.8. The first kappa shape index (κ1) is 24.9. The Bertz CT molecular complexity index is 1120. The van der Waals surface area contributed by atoms with Crippen LogP contribution in [0, 0.1) is 20.3 Å². The number of anilines is 1. The van der Waals surface area contributed by atoms with Crippen molar-refractivity contribution in [3.63, 3.8) is 0 Å². The Kier molecular flexibility index (Phi) is 8.23. The summed E-state index contributed by atoms with van der Waals surface area (Å²) in [7, 11) is -4.02. The zero-order chi connectivity index (χ0) is 22.6. The second kappa shape index (κ2) is 10.9. The van der Waals surface area contributed by atoms with E-state index in [2.05, 4.69) is 20.0 Å². The van der Waals surface area contributed by atoms with Crippen LogP contribution in [-0.2, 0) is 10.1 Å². The van der Waals surface area contributed by atoms with Gasteiger partial charge in [0, 0.05) is 31.7 Å². The third kappa shape index (κ3) is 6.63. The van der Waals surface area contributed by atoms with Gasteiger partial charge in [0.1, 0.15) is 0 Å². The number of benzene rings is 2. The fourth-order valence-corrected chi connectivity index (χ4v) is 4.57. The lowest BCUT2D eigenvalue weighted by Gasteiger charge is -2.29. The molecule has 1 aromatic heterocycles. The van der Waals surface area contributed by atoms with Crippen molar-refractivity contribution in [3.05, 3.63) is 67.6 Å². The highest BCUT2D eigenvalue weighted by molar-refractivity contribution is 7.85. The molecule has 0 saturated carbocycles. The third-order valence-corrected chi connectivity index (χ3v) is 6.66. The number of fused-ring (bicyclic) bond motifs is 2. The number of rotatable bonds is 3. The monoisotopic (exact) mass is 470 g/mol. The molecule has 2 aliphatic heterocycles. The SMILES string of the molecule is Cc1ccc(S(=O)(=O)O)cc1.[CH2].c1ccc(-c2nnc(N3CCN4CCCC(C4)C3)o2)cc1. The van der Waals surface area contributed by atoms with Gasteiger partial charge in [-0.2, -0.15) is 8.42 Å². The standard InChI is InChI=1S/C16H20N4O.C7H8O3S.CH2/c1-2-6-14(7-3-1)15-17-18-16(21-15)20-10-9-19-8-4-5-13(11-19)12-20;1-6-2-4-7(5-3-6)11(8,9)10;/h1-3,6-7,13H,4-5,8-12H2;2-5H,1H3,(H,8,9,10);1H2. The van der Waals surface area contributed by atoms with Gasteiger partial charge in [0.15, 0.2) is 0 Å². The average molecular weight is 471 g/mol. The van der Waals surface area contributed by atoms with Crippen LogP contribution in [0.2, 0.25) is 0 Å². The van der Waals surface area contributed by atoms with E-state index in [-0.39, 0.29) is 12.3 Å². The largest absolute Gasteiger partial charge is 0.403 e. The molecular formula is C24H30N4O4S. The number of aryl methyl sites for hydroxylation is 1. The molecule has 2 radical (unpaired) electrons. The highest BCUT2D eigenvalue weighted by Gasteiger charge is 2.28. The maximum absolute atomic E-state index is 10.5. The number of hydrogen-bond donors (Lipinski definition) is 1. The summed E-state index contributed by atoms with van der Waals surface area (Å²) in [4.78, 5) is 4.75. The predicted octanol–water partition coefficient (Wildman–Crippen LogP) is 3.84. The van der Waals surface area contributed by atoms with Crippen LogP contribution in [0.4, 0.5) is 6.01 Å². The zero-order valence-electron chi connectivity index (χ0n) is 18.8. The van der Waals surface area contributed by atoms with Gasteiger partial charge in [0.05, 0.1) is 4.90 Å². The van der Waals surface area contributed by atoms with Gasteiger partial charge in [-0.15, -0.1) is 5.10 Å². The number of nitrogens with zero attached hydrogens (tertiary/aromatic N) is 4. The van der Waals surface area contributed by atoms with E-state index in [0.29, 0.717) is 11.9 Å². The first-order valence-corrected chi connectivity index (χ1v) is 12.2. The number of aromatic nitrogens is 2. The van der Waals surface area contributed by atoms with Crippen LogP contribution in [0.3, 0.4) is 0 Å². The molecule has 176 valence electrons. The van der Waals surface area contributed by atoms with Crippen molar-refractivity contribution in [2.45, 2.75) is 24.7 Å². The van der Waals surface area contributed by atoms with Gasteiger partial charge in [-0.05, 0) is 56.5 Å². The van der Waals surface area contributed by atoms with Gasteiger partial charge in [0.25, 0.3) is 10.1 Å². The molecule has 5 rings (SSSR count). The lowest BCUT2D eigenvalue weighted by Crippen LogP contribution is -2.35. The first-order chi connectivity index (χ1) is 15.4. The van der Waals surface area contributed by atoms with Crippen molar-refractivity contribution in [2.75, 3.05) is 37.6 Å². The smallest absolute Gasteiger partial charge is 0.318 e. The predicted molar refractivity (Wildman–Crippen MR) is 127 cm³/mol. The van der Waals surface area contributed by atoms with Crippen LogP contribution in [0.1, 0.15) is 18.4 Å². The van der Waals surface area contributed by atoms with Gasteiger partial charge < -0.3 is 14.2 Å². The molecule has 9 heteroatoms. The highest BCUT2D eigenvalue weighted by atomic mass is 32.2. The number of hydrogen-bond acceptors (Lipinski definition) is 7. The van der Waals surface area contributed by atoms with E-state index in [1.54, 1.807) is 12.1 Å². The van der Waals surface area contributed by atoms with E-state index in [1.165, 1.54) is 38.1 Å². The molecule has 2 unspecified atom stereocenters. The molecule has 2 atom stereocenters. The molecule has 0 spiro atoms. The van der Waals surface area contributed by atoms with Gasteiger partial charge in [0.2, 0.25) is 5.89 Å². The van der Waals surface area contributed by atoms with Crippen molar-refractivity contribution in [1.29, 1.82) is 0 Å². The molecule has 2 aromatic carbocycles. The van der Waals surface area contributed by atoms with Crippen LogP contribution >= 0.6 is 0 Å². The van der Waals surface area contributed by atoms with Crippen molar-refractivity contribution < 1.29 is 17.4 Å². The van der Waals surface area contributed by atoms with E-state index in [4.69, 9.17) is 8.97 Å². The van der Waals surface area contributed by atoms with Crippen molar-refractivity contribution in [2.24, 2.45) is 5.92 Å². The molecule has 8 nitrogen and oxygen atoms in total. The van der Waals surface area contributed by atoms with E-state index in [1.807, 2.05) is 37.3 Å². The molecule has 2 fully saturated rings. The van der Waals surface area contributed by atoms with Gasteiger partial charge in [-0.3, -0.25) is 4.55 Å². The Hall–Kier alpha value is -2.75. The second-order valence-electron chi connectivity index (χ2n) is 8.30. The third-order valence-electron chi connectivity index (χ3n) is 5.79. The summed E-state index contributed by atoms with van der Waals surface area (Å²) in [6.45, 7) is 7.41. The average Bonchev–Trinajstić information content (AvgIpc) is 3.23. The van der Waals surface area contributed by atoms with Gasteiger partial charge >= 0.3 is 6.01 Å². The summed E-state index contributed by atoms with van der Waals surface area (Å²) in [5.41, 5.74) is 1.94. The summed E-state index contributed by atoms with van der Waals surface area (Å²) < 4.78 is 35.4. The normalized spacial score (nSPS) is 20.1. The molecule has 0 amide bonds. The molecule has 1 N–H and O–H groups in total. The van der Waals surface area contributed by atoms with Crippen LogP contribution in [0.5, 0.6) is 0 Å². The van der Waals surface area contributed by atoms with E-state index in [0.717, 1.165) is 36.7 Å². The van der Waals surface area contributed by atoms with Crippen LogP contribution < -0.4 is 4.90 Å². The zero-order valence-corrected chi connectivity index (χ0v) is 19.6. The lowest BCUT2D eigenvalue weighted by molar-refractivity contribution is 0.200. The summed E-state index contributed by atoms with van der Waals surface area (Å²) in [6.07, 6.45) is 2.63. The highest BCUT2D eigenvalue weighted by Crippen LogP contribution is 2.26. The maximum atomic E-state index is 10.5. The topological polar surface area (TPSA) is 99.8 Å². The summed E-state index contributed by atoms with van der Waals surface area (Å²) in [6, 6.07) is 16.6. The van der Waals surface area contributed by atoms with E-state index >= 15 is 0 Å². The Labute approximate surface area is 196 Å². The molecule has 0 aliphatic carbocycles. The minimum absolute atomic E-state index is 0. The minimum Gasteiger partial charge on any atom is -0.403 e. The van der Waals surface area contributed by atoms with Crippen LogP contribution in [0.25, 0.3) is 11.5 Å².